The molecule has 1 aliphatic carbocycles. The molecule has 0 radical (unpaired) electrons. The average Bonchev–Trinajstić information content (AvgIpc) is 2.82. The molecule has 0 saturated heterocycles. The first kappa shape index (κ1) is 14.6. The quantitative estimate of drug-likeness (QED) is 0.817. The molecular weight excluding hydrogens is 270 g/mol. The predicted octanol–water partition coefficient (Wildman–Crippen LogP) is 4.48. The van der Waals surface area contributed by atoms with Crippen LogP contribution in [0.2, 0.25) is 0 Å². The molecule has 0 amide bonds. The van der Waals surface area contributed by atoms with Crippen LogP contribution in [-0.4, -0.2) is 4.57 Å². The maximum atomic E-state index is 13.2. The molecule has 1 aromatic carbocycles. The Morgan fingerprint density at radius 3 is 2.73 bits per heavy atom. The Bertz CT molecular complexity index is 850. The third-order valence-corrected chi connectivity index (χ3v) is 4.21. The zero-order chi connectivity index (χ0) is 15.5. The summed E-state index contributed by atoms with van der Waals surface area (Å²) in [6.45, 7) is 4.20. The molecular formula is C20H21NO. The average molecular weight is 291 g/mol. The van der Waals surface area contributed by atoms with Crippen LogP contribution < -0.4 is 5.56 Å². The summed E-state index contributed by atoms with van der Waals surface area (Å²) in [5, 5.41) is 1.91. The van der Waals surface area contributed by atoms with Crippen molar-refractivity contribution in [2.75, 3.05) is 0 Å². The number of benzene rings is 1. The molecule has 0 spiro atoms. The molecule has 0 fully saturated rings. The molecule has 0 aliphatic heterocycles. The normalized spacial score (nSPS) is 14.2. The minimum Gasteiger partial charge on any atom is -0.284 e. The van der Waals surface area contributed by atoms with E-state index in [4.69, 9.17) is 0 Å². The van der Waals surface area contributed by atoms with E-state index in [0.29, 0.717) is 0 Å². The topological polar surface area (TPSA) is 22.0 Å². The Morgan fingerprint density at radius 2 is 1.95 bits per heavy atom. The SMILES string of the molecule is CCc1cccc2cc(CC)n(C3=CC=CC=CC3)c(=O)c12. The Labute approximate surface area is 131 Å². The molecule has 0 bridgehead atoms. The van der Waals surface area contributed by atoms with Crippen molar-refractivity contribution in [2.45, 2.75) is 33.1 Å². The molecule has 2 heteroatoms. The molecule has 1 aliphatic rings. The van der Waals surface area contributed by atoms with E-state index in [1.807, 2.05) is 41.0 Å². The first-order valence-electron chi connectivity index (χ1n) is 7.95. The highest BCUT2D eigenvalue weighted by Gasteiger charge is 2.13. The van der Waals surface area contributed by atoms with Crippen molar-refractivity contribution in [3.63, 3.8) is 0 Å². The number of nitrogens with zero attached hydrogens (tertiary/aromatic N) is 1. The monoisotopic (exact) mass is 291 g/mol. The highest BCUT2D eigenvalue weighted by atomic mass is 16.1. The van der Waals surface area contributed by atoms with Crippen LogP contribution in [0.5, 0.6) is 0 Å². The van der Waals surface area contributed by atoms with Gasteiger partial charge in [0.05, 0.1) is 5.39 Å². The second kappa shape index (κ2) is 6.18. The number of fused-ring (bicyclic) bond motifs is 1. The molecule has 112 valence electrons. The van der Waals surface area contributed by atoms with Crippen molar-refractivity contribution in [3.05, 3.63) is 76.3 Å². The summed E-state index contributed by atoms with van der Waals surface area (Å²) in [4.78, 5) is 13.2. The standard InChI is InChI=1S/C20H21NO/c1-3-15-10-9-11-16-14-17(4-2)21(20(22)19(15)16)18-12-7-5-6-8-13-18/h5-12,14H,3-4,13H2,1-2H3. The van der Waals surface area contributed by atoms with Crippen molar-refractivity contribution in [3.8, 4) is 0 Å². The second-order valence-corrected chi connectivity index (χ2v) is 5.54. The van der Waals surface area contributed by atoms with Gasteiger partial charge in [-0.05, 0) is 35.9 Å². The third kappa shape index (κ3) is 2.45. The van der Waals surface area contributed by atoms with Crippen LogP contribution in [0.15, 0.2) is 59.4 Å². The van der Waals surface area contributed by atoms with Crippen molar-refractivity contribution < 1.29 is 0 Å². The van der Waals surface area contributed by atoms with Crippen LogP contribution in [0.3, 0.4) is 0 Å². The minimum atomic E-state index is 0.113. The molecule has 0 atom stereocenters. The third-order valence-electron chi connectivity index (χ3n) is 4.21. The molecule has 0 unspecified atom stereocenters. The van der Waals surface area contributed by atoms with Gasteiger partial charge in [0.1, 0.15) is 0 Å². The number of hydrogen-bond donors (Lipinski definition) is 0. The smallest absolute Gasteiger partial charge is 0.263 e. The maximum absolute atomic E-state index is 13.2. The lowest BCUT2D eigenvalue weighted by Gasteiger charge is -2.16. The van der Waals surface area contributed by atoms with Crippen LogP contribution in [0, 0.1) is 0 Å². The summed E-state index contributed by atoms with van der Waals surface area (Å²) in [6.07, 6.45) is 12.7. The van der Waals surface area contributed by atoms with Crippen molar-refractivity contribution in [2.24, 2.45) is 0 Å². The van der Waals surface area contributed by atoms with Gasteiger partial charge in [0.2, 0.25) is 0 Å². The van der Waals surface area contributed by atoms with Crippen molar-refractivity contribution in [1.29, 1.82) is 0 Å². The number of rotatable bonds is 3. The Morgan fingerprint density at radius 1 is 1.09 bits per heavy atom. The van der Waals surface area contributed by atoms with Crippen molar-refractivity contribution in [1.82, 2.24) is 4.57 Å². The van der Waals surface area contributed by atoms with E-state index in [1.165, 1.54) is 0 Å². The molecule has 0 saturated carbocycles. The summed E-state index contributed by atoms with van der Waals surface area (Å²) in [5.41, 5.74) is 3.35. The van der Waals surface area contributed by atoms with E-state index in [1.54, 1.807) is 0 Å². The van der Waals surface area contributed by atoms with E-state index in [-0.39, 0.29) is 5.56 Å². The first-order valence-corrected chi connectivity index (χ1v) is 7.95. The molecule has 3 rings (SSSR count). The maximum Gasteiger partial charge on any atom is 0.263 e. The first-order chi connectivity index (χ1) is 10.8. The van der Waals surface area contributed by atoms with Crippen molar-refractivity contribution >= 4 is 16.5 Å². The van der Waals surface area contributed by atoms with E-state index in [0.717, 1.165) is 47.0 Å². The van der Waals surface area contributed by atoms with Gasteiger partial charge in [-0.2, -0.15) is 0 Å². The van der Waals surface area contributed by atoms with E-state index in [9.17, 15) is 4.79 Å². The van der Waals surface area contributed by atoms with Crippen LogP contribution in [0.4, 0.5) is 0 Å². The van der Waals surface area contributed by atoms with Crippen LogP contribution in [-0.2, 0) is 12.8 Å². The highest BCUT2D eigenvalue weighted by molar-refractivity contribution is 5.86. The second-order valence-electron chi connectivity index (χ2n) is 5.54. The van der Waals surface area contributed by atoms with Crippen LogP contribution in [0.1, 0.15) is 31.5 Å². The van der Waals surface area contributed by atoms with Gasteiger partial charge in [0.15, 0.2) is 0 Å². The van der Waals surface area contributed by atoms with Gasteiger partial charge in [-0.1, -0.05) is 56.4 Å². The van der Waals surface area contributed by atoms with E-state index < -0.39 is 0 Å². The fourth-order valence-electron chi connectivity index (χ4n) is 3.09. The molecule has 1 aromatic heterocycles. The molecule has 2 aromatic rings. The zero-order valence-corrected chi connectivity index (χ0v) is 13.2. The minimum absolute atomic E-state index is 0.113. The van der Waals surface area contributed by atoms with Gasteiger partial charge < -0.3 is 0 Å². The Kier molecular flexibility index (Phi) is 4.10. The van der Waals surface area contributed by atoms with Gasteiger partial charge in [-0.25, -0.2) is 0 Å². The number of hydrogen-bond acceptors (Lipinski definition) is 1. The van der Waals surface area contributed by atoms with Gasteiger partial charge in [0, 0.05) is 17.8 Å². The highest BCUT2D eigenvalue weighted by Crippen LogP contribution is 2.21. The number of aromatic nitrogens is 1. The lowest BCUT2D eigenvalue weighted by molar-refractivity contribution is 0.886. The molecule has 1 heterocycles. The molecule has 2 nitrogen and oxygen atoms in total. The molecule has 0 N–H and O–H groups in total. The fourth-order valence-corrected chi connectivity index (χ4v) is 3.09. The van der Waals surface area contributed by atoms with Gasteiger partial charge in [-0.3, -0.25) is 9.36 Å². The Hall–Kier alpha value is -2.35. The Balaban J connectivity index is 2.36. The summed E-state index contributed by atoms with van der Waals surface area (Å²) in [5.74, 6) is 0. The summed E-state index contributed by atoms with van der Waals surface area (Å²) in [7, 11) is 0. The summed E-state index contributed by atoms with van der Waals surface area (Å²) < 4.78 is 1.90. The van der Waals surface area contributed by atoms with E-state index >= 15 is 0 Å². The van der Waals surface area contributed by atoms with Gasteiger partial charge in [-0.15, -0.1) is 0 Å². The van der Waals surface area contributed by atoms with Gasteiger partial charge in [0.25, 0.3) is 5.56 Å². The predicted molar refractivity (Wildman–Crippen MR) is 94.1 cm³/mol. The summed E-state index contributed by atoms with van der Waals surface area (Å²) >= 11 is 0. The lowest BCUT2D eigenvalue weighted by Crippen LogP contribution is -2.23. The van der Waals surface area contributed by atoms with Crippen LogP contribution >= 0.6 is 0 Å². The largest absolute Gasteiger partial charge is 0.284 e. The van der Waals surface area contributed by atoms with Crippen LogP contribution in [0.25, 0.3) is 16.5 Å². The molecule has 22 heavy (non-hydrogen) atoms. The number of allylic oxidation sites excluding steroid dienone is 6. The zero-order valence-electron chi connectivity index (χ0n) is 13.2. The number of pyridine rings is 1. The fraction of sp³-hybridized carbons (Fsp3) is 0.250. The van der Waals surface area contributed by atoms with Gasteiger partial charge >= 0.3 is 0 Å². The number of aryl methyl sites for hydroxylation is 2. The van der Waals surface area contributed by atoms with E-state index in [2.05, 4.69) is 32.1 Å². The lowest BCUT2D eigenvalue weighted by atomic mass is 10.0. The summed E-state index contributed by atoms with van der Waals surface area (Å²) in [6, 6.07) is 8.30.